The summed E-state index contributed by atoms with van der Waals surface area (Å²) in [5.74, 6) is -0.885. The van der Waals surface area contributed by atoms with Crippen molar-refractivity contribution in [1.82, 2.24) is 0 Å². The van der Waals surface area contributed by atoms with Crippen LogP contribution in [0.1, 0.15) is 78.4 Å². The quantitative estimate of drug-likeness (QED) is 0.705. The highest BCUT2D eigenvalue weighted by Gasteiger charge is 2.28. The number of ether oxygens (including phenoxy) is 1. The molecule has 1 aromatic carbocycles. The molecule has 146 valence electrons. The van der Waals surface area contributed by atoms with Gasteiger partial charge in [-0.25, -0.2) is 4.79 Å². The van der Waals surface area contributed by atoms with E-state index in [1.165, 1.54) is 22.4 Å². The summed E-state index contributed by atoms with van der Waals surface area (Å²) in [5, 5.41) is 9.27. The lowest BCUT2D eigenvalue weighted by atomic mass is 9.81. The third-order valence-corrected chi connectivity index (χ3v) is 6.34. The van der Waals surface area contributed by atoms with Gasteiger partial charge in [0.25, 0.3) is 0 Å². The van der Waals surface area contributed by atoms with E-state index in [4.69, 9.17) is 9.84 Å². The van der Waals surface area contributed by atoms with Gasteiger partial charge in [-0.1, -0.05) is 60.5 Å². The van der Waals surface area contributed by atoms with Crippen molar-refractivity contribution < 1.29 is 14.6 Å². The van der Waals surface area contributed by atoms with Crippen molar-refractivity contribution in [1.29, 1.82) is 0 Å². The highest BCUT2D eigenvalue weighted by atomic mass is 32.2. The lowest BCUT2D eigenvalue weighted by molar-refractivity contribution is -0.144. The molecule has 1 fully saturated rings. The molecule has 0 amide bonds. The molecular formula is C22H34O3S. The summed E-state index contributed by atoms with van der Waals surface area (Å²) in [7, 11) is 0. The summed E-state index contributed by atoms with van der Waals surface area (Å²) in [4.78, 5) is 12.2. The van der Waals surface area contributed by atoms with Crippen LogP contribution in [0.25, 0.3) is 0 Å². The van der Waals surface area contributed by atoms with E-state index < -0.39 is 5.97 Å². The Hall–Kier alpha value is -1.00. The van der Waals surface area contributed by atoms with Gasteiger partial charge < -0.3 is 9.84 Å². The van der Waals surface area contributed by atoms with Gasteiger partial charge in [0, 0.05) is 10.1 Å². The molecule has 4 heteroatoms. The summed E-state index contributed by atoms with van der Waals surface area (Å²) in [6, 6.07) is 6.95. The van der Waals surface area contributed by atoms with E-state index in [0.717, 1.165) is 19.3 Å². The van der Waals surface area contributed by atoms with E-state index in [9.17, 15) is 4.79 Å². The maximum Gasteiger partial charge on any atom is 0.329 e. The summed E-state index contributed by atoms with van der Waals surface area (Å²) in [6.07, 6.45) is 4.38. The second-order valence-electron chi connectivity index (χ2n) is 9.43. The number of carbonyl (C=O) groups is 1. The number of benzene rings is 1. The molecule has 1 aliphatic rings. The summed E-state index contributed by atoms with van der Waals surface area (Å²) < 4.78 is 5.70. The molecule has 1 N–H and O–H groups in total. The van der Waals surface area contributed by atoms with Crippen molar-refractivity contribution in [3.05, 3.63) is 29.3 Å². The fourth-order valence-electron chi connectivity index (χ4n) is 3.27. The first-order valence-electron chi connectivity index (χ1n) is 9.63. The minimum absolute atomic E-state index is 0.0289. The normalized spacial score (nSPS) is 21.6. The van der Waals surface area contributed by atoms with Crippen molar-refractivity contribution in [3.63, 3.8) is 0 Å². The third kappa shape index (κ3) is 6.02. The maximum atomic E-state index is 10.9. The lowest BCUT2D eigenvalue weighted by Crippen LogP contribution is -2.31. The van der Waals surface area contributed by atoms with Crippen LogP contribution in [-0.2, 0) is 20.4 Å². The topological polar surface area (TPSA) is 46.5 Å². The highest BCUT2D eigenvalue weighted by Crippen LogP contribution is 2.39. The Morgan fingerprint density at radius 3 is 2.08 bits per heavy atom. The SMILES string of the molecule is CC(C)(C)c1cc(SC2CCCCC2OCC(=O)O)cc(C(C)(C)C)c1. The first-order chi connectivity index (χ1) is 12.0. The number of rotatable bonds is 5. The van der Waals surface area contributed by atoms with E-state index in [2.05, 4.69) is 59.7 Å². The number of hydrogen-bond donors (Lipinski definition) is 1. The van der Waals surface area contributed by atoms with Gasteiger partial charge >= 0.3 is 5.97 Å². The standard InChI is InChI=1S/C22H34O3S/c1-21(2,3)15-11-16(22(4,5)6)13-17(12-15)26-19-10-8-7-9-18(19)25-14-20(23)24/h11-13,18-19H,7-10,14H2,1-6H3,(H,23,24). The largest absolute Gasteiger partial charge is 0.480 e. The molecule has 0 aromatic heterocycles. The van der Waals surface area contributed by atoms with Crippen molar-refractivity contribution >= 4 is 17.7 Å². The molecule has 0 spiro atoms. The zero-order valence-electron chi connectivity index (χ0n) is 17.1. The Morgan fingerprint density at radius 2 is 1.58 bits per heavy atom. The predicted molar refractivity (Wildman–Crippen MR) is 109 cm³/mol. The average Bonchev–Trinajstić information content (AvgIpc) is 2.52. The van der Waals surface area contributed by atoms with Gasteiger partial charge in [0.2, 0.25) is 0 Å². The third-order valence-electron chi connectivity index (χ3n) is 4.99. The molecule has 1 aromatic rings. The molecule has 2 atom stereocenters. The van der Waals surface area contributed by atoms with Crippen molar-refractivity contribution in [2.24, 2.45) is 0 Å². The van der Waals surface area contributed by atoms with Crippen LogP contribution >= 0.6 is 11.8 Å². The Bertz CT molecular complexity index is 593. The van der Waals surface area contributed by atoms with E-state index >= 15 is 0 Å². The van der Waals surface area contributed by atoms with Crippen LogP contribution < -0.4 is 0 Å². The molecule has 1 saturated carbocycles. The van der Waals surface area contributed by atoms with Crippen LogP contribution in [0.3, 0.4) is 0 Å². The molecule has 0 saturated heterocycles. The Labute approximate surface area is 162 Å². The second kappa shape index (κ2) is 8.35. The van der Waals surface area contributed by atoms with Crippen LogP contribution in [-0.4, -0.2) is 29.0 Å². The first-order valence-corrected chi connectivity index (χ1v) is 10.5. The molecule has 2 unspecified atom stereocenters. The Kier molecular flexibility index (Phi) is 6.84. The van der Waals surface area contributed by atoms with E-state index in [1.54, 1.807) is 0 Å². The smallest absolute Gasteiger partial charge is 0.329 e. The molecule has 0 aliphatic heterocycles. The maximum absolute atomic E-state index is 10.9. The van der Waals surface area contributed by atoms with E-state index in [1.807, 2.05) is 11.8 Å². The predicted octanol–water partition coefficient (Wildman–Crippen LogP) is 5.79. The average molecular weight is 379 g/mol. The van der Waals surface area contributed by atoms with Crippen LogP contribution in [0.4, 0.5) is 0 Å². The summed E-state index contributed by atoms with van der Waals surface area (Å²) in [5.41, 5.74) is 2.91. The van der Waals surface area contributed by atoms with Gasteiger partial charge in [-0.2, -0.15) is 0 Å². The Balaban J connectivity index is 2.27. The van der Waals surface area contributed by atoms with Gasteiger partial charge in [0.05, 0.1) is 6.10 Å². The number of carboxylic acids is 1. The number of thioether (sulfide) groups is 1. The monoisotopic (exact) mass is 378 g/mol. The van der Waals surface area contributed by atoms with E-state index in [-0.39, 0.29) is 23.5 Å². The van der Waals surface area contributed by atoms with Crippen molar-refractivity contribution in [2.45, 2.75) is 94.3 Å². The Morgan fingerprint density at radius 1 is 1.04 bits per heavy atom. The van der Waals surface area contributed by atoms with E-state index in [0.29, 0.717) is 5.25 Å². The number of hydrogen-bond acceptors (Lipinski definition) is 3. The molecule has 3 nitrogen and oxygen atoms in total. The van der Waals surface area contributed by atoms with Crippen molar-refractivity contribution in [3.8, 4) is 0 Å². The van der Waals surface area contributed by atoms with Gasteiger partial charge in [-0.3, -0.25) is 0 Å². The van der Waals surface area contributed by atoms with Gasteiger partial charge in [-0.15, -0.1) is 11.8 Å². The fraction of sp³-hybridized carbons (Fsp3) is 0.682. The molecule has 0 bridgehead atoms. The molecule has 0 heterocycles. The van der Waals surface area contributed by atoms with Crippen LogP contribution in [0.15, 0.2) is 23.1 Å². The van der Waals surface area contributed by atoms with Gasteiger partial charge in [0.1, 0.15) is 6.61 Å². The molecular weight excluding hydrogens is 344 g/mol. The molecule has 26 heavy (non-hydrogen) atoms. The zero-order chi connectivity index (χ0) is 19.5. The van der Waals surface area contributed by atoms with Crippen LogP contribution in [0, 0.1) is 0 Å². The van der Waals surface area contributed by atoms with Crippen molar-refractivity contribution in [2.75, 3.05) is 6.61 Å². The molecule has 0 radical (unpaired) electrons. The fourth-order valence-corrected chi connectivity index (χ4v) is 4.67. The number of carboxylic acid groups (broad SMARTS) is 1. The number of aliphatic carboxylic acids is 1. The molecule has 1 aliphatic carbocycles. The minimum Gasteiger partial charge on any atom is -0.480 e. The van der Waals surface area contributed by atoms with Gasteiger partial charge in [-0.05, 0) is 46.9 Å². The zero-order valence-corrected chi connectivity index (χ0v) is 17.9. The first kappa shape index (κ1) is 21.3. The van der Waals surface area contributed by atoms with Crippen LogP contribution in [0.5, 0.6) is 0 Å². The molecule has 2 rings (SSSR count). The van der Waals surface area contributed by atoms with Gasteiger partial charge in [0.15, 0.2) is 0 Å². The summed E-state index contributed by atoms with van der Waals surface area (Å²) >= 11 is 1.87. The second-order valence-corrected chi connectivity index (χ2v) is 10.7. The van der Waals surface area contributed by atoms with Crippen LogP contribution in [0.2, 0.25) is 0 Å². The summed E-state index contributed by atoms with van der Waals surface area (Å²) in [6.45, 7) is 13.3. The highest BCUT2D eigenvalue weighted by molar-refractivity contribution is 8.00. The minimum atomic E-state index is -0.885. The lowest BCUT2D eigenvalue weighted by Gasteiger charge is -2.32.